The number of allylic oxidation sites excluding steroid dienone is 1. The zero-order chi connectivity index (χ0) is 20.9. The van der Waals surface area contributed by atoms with Gasteiger partial charge in [0.15, 0.2) is 17.2 Å². The summed E-state index contributed by atoms with van der Waals surface area (Å²) in [7, 11) is 1.67. The van der Waals surface area contributed by atoms with E-state index in [0.717, 1.165) is 0 Å². The lowest BCUT2D eigenvalue weighted by atomic mass is 9.79. The molecule has 154 valence electrons. The summed E-state index contributed by atoms with van der Waals surface area (Å²) in [4.78, 5) is 39.2. The van der Waals surface area contributed by atoms with Gasteiger partial charge in [0.05, 0.1) is 11.5 Å². The van der Waals surface area contributed by atoms with Gasteiger partial charge in [-0.25, -0.2) is 0 Å². The van der Waals surface area contributed by atoms with Crippen molar-refractivity contribution < 1.29 is 19.5 Å². The maximum Gasteiger partial charge on any atom is 0.208 e. The van der Waals surface area contributed by atoms with E-state index in [9.17, 15) is 19.5 Å². The Morgan fingerprint density at radius 1 is 1.04 bits per heavy atom. The molecule has 1 aliphatic carbocycles. The summed E-state index contributed by atoms with van der Waals surface area (Å²) in [5.74, 6) is -1.75. The molecule has 0 aliphatic heterocycles. The second-order valence-corrected chi connectivity index (χ2v) is 9.04. The topological polar surface area (TPSA) is 83.5 Å². The first-order chi connectivity index (χ1) is 12.5. The maximum absolute atomic E-state index is 13.2. The second kappa shape index (κ2) is 9.63. The van der Waals surface area contributed by atoms with E-state index >= 15 is 0 Å². The van der Waals surface area contributed by atoms with E-state index in [-0.39, 0.29) is 29.6 Å². The molecule has 1 rings (SSSR count). The van der Waals surface area contributed by atoms with Gasteiger partial charge in [0.25, 0.3) is 0 Å². The molecule has 0 radical (unpaired) electrons. The van der Waals surface area contributed by atoms with Gasteiger partial charge in [-0.2, -0.15) is 0 Å². The molecule has 1 aliphatic rings. The third-order valence-electron chi connectivity index (χ3n) is 5.26. The molecule has 0 amide bonds. The molecule has 0 aromatic rings. The average Bonchev–Trinajstić information content (AvgIpc) is 2.76. The largest absolute Gasteiger partial charge is 0.391 e. The summed E-state index contributed by atoms with van der Waals surface area (Å²) in [6.45, 7) is 12.0. The molecule has 1 saturated carbocycles. The highest BCUT2D eigenvalue weighted by Gasteiger charge is 2.61. The molecule has 1 fully saturated rings. The van der Waals surface area contributed by atoms with E-state index in [2.05, 4.69) is 5.32 Å². The zero-order valence-corrected chi connectivity index (χ0v) is 18.0. The Labute approximate surface area is 164 Å². The van der Waals surface area contributed by atoms with Crippen molar-refractivity contribution in [1.82, 2.24) is 5.32 Å². The third-order valence-corrected chi connectivity index (χ3v) is 5.26. The monoisotopic (exact) mass is 379 g/mol. The van der Waals surface area contributed by atoms with E-state index in [4.69, 9.17) is 0 Å². The van der Waals surface area contributed by atoms with Crippen LogP contribution in [-0.4, -0.2) is 35.1 Å². The number of rotatable bonds is 10. The van der Waals surface area contributed by atoms with Crippen LogP contribution in [0.5, 0.6) is 0 Å². The minimum Gasteiger partial charge on any atom is -0.391 e. The fourth-order valence-electron chi connectivity index (χ4n) is 3.62. The number of ketones is 3. The van der Waals surface area contributed by atoms with E-state index in [0.29, 0.717) is 37.3 Å². The Kier molecular flexibility index (Phi) is 8.40. The number of carbonyl (C=O) groups is 3. The van der Waals surface area contributed by atoms with Gasteiger partial charge in [-0.3, -0.25) is 14.4 Å². The molecular formula is C22H37NO4. The normalized spacial score (nSPS) is 25.1. The lowest BCUT2D eigenvalue weighted by Crippen LogP contribution is -2.49. The van der Waals surface area contributed by atoms with Crippen LogP contribution in [0.25, 0.3) is 0 Å². The third kappa shape index (κ3) is 5.28. The SMILES string of the molecule is CNC(CC(C)C)=C1C(=O)[C@H](CCC(C)C)[C@@](O)(C(=O)CCC(C)C)C1=O. The highest BCUT2D eigenvalue weighted by Crippen LogP contribution is 2.40. The highest BCUT2D eigenvalue weighted by molar-refractivity contribution is 6.37. The summed E-state index contributed by atoms with van der Waals surface area (Å²) in [6, 6.07) is 0. The molecule has 5 nitrogen and oxygen atoms in total. The summed E-state index contributed by atoms with van der Waals surface area (Å²) in [5.41, 5.74) is -1.68. The van der Waals surface area contributed by atoms with Crippen LogP contribution in [0.3, 0.4) is 0 Å². The van der Waals surface area contributed by atoms with Crippen LogP contribution < -0.4 is 5.32 Å². The van der Waals surface area contributed by atoms with Crippen LogP contribution in [0, 0.1) is 23.7 Å². The number of Topliss-reactive ketones (excluding diaryl/α,β-unsaturated/α-hetero) is 3. The molecule has 0 aromatic heterocycles. The lowest BCUT2D eigenvalue weighted by molar-refractivity contribution is -0.153. The molecule has 5 heteroatoms. The van der Waals surface area contributed by atoms with Crippen LogP contribution in [0.1, 0.15) is 73.6 Å². The molecule has 2 N–H and O–H groups in total. The van der Waals surface area contributed by atoms with Crippen LogP contribution in [0.4, 0.5) is 0 Å². The molecule has 2 atom stereocenters. The first-order valence-electron chi connectivity index (χ1n) is 10.2. The Balaban J connectivity index is 3.38. The van der Waals surface area contributed by atoms with E-state index in [1.807, 2.05) is 41.5 Å². The molecule has 0 unspecified atom stereocenters. The summed E-state index contributed by atoms with van der Waals surface area (Å²) in [6.07, 6.45) is 2.24. The van der Waals surface area contributed by atoms with Gasteiger partial charge in [-0.1, -0.05) is 48.0 Å². The van der Waals surface area contributed by atoms with Crippen molar-refractivity contribution in [3.63, 3.8) is 0 Å². The molecule has 0 saturated heterocycles. The van der Waals surface area contributed by atoms with Crippen molar-refractivity contribution >= 4 is 17.3 Å². The molecule has 0 aromatic carbocycles. The van der Waals surface area contributed by atoms with Crippen molar-refractivity contribution in [2.45, 2.75) is 79.2 Å². The fraction of sp³-hybridized carbons (Fsp3) is 0.773. The quantitative estimate of drug-likeness (QED) is 0.345. The van der Waals surface area contributed by atoms with Gasteiger partial charge in [-0.15, -0.1) is 0 Å². The molecule has 0 heterocycles. The Morgan fingerprint density at radius 3 is 2.04 bits per heavy atom. The molecule has 0 bridgehead atoms. The van der Waals surface area contributed by atoms with Gasteiger partial charge < -0.3 is 10.4 Å². The lowest BCUT2D eigenvalue weighted by Gasteiger charge is -2.26. The average molecular weight is 380 g/mol. The van der Waals surface area contributed by atoms with Crippen molar-refractivity contribution in [3.05, 3.63) is 11.3 Å². The van der Waals surface area contributed by atoms with Crippen molar-refractivity contribution in [3.8, 4) is 0 Å². The van der Waals surface area contributed by atoms with Crippen LogP contribution in [-0.2, 0) is 14.4 Å². The Morgan fingerprint density at radius 2 is 1.59 bits per heavy atom. The zero-order valence-electron chi connectivity index (χ0n) is 18.0. The minimum atomic E-state index is -2.21. The van der Waals surface area contributed by atoms with Gasteiger partial charge in [0.1, 0.15) is 0 Å². The second-order valence-electron chi connectivity index (χ2n) is 9.04. The summed E-state index contributed by atoms with van der Waals surface area (Å²) in [5, 5.41) is 14.2. The molecular weight excluding hydrogens is 342 g/mol. The smallest absolute Gasteiger partial charge is 0.208 e. The highest BCUT2D eigenvalue weighted by atomic mass is 16.3. The Hall–Kier alpha value is -1.49. The van der Waals surface area contributed by atoms with E-state index in [1.54, 1.807) is 7.05 Å². The van der Waals surface area contributed by atoms with Gasteiger partial charge in [0.2, 0.25) is 5.78 Å². The van der Waals surface area contributed by atoms with E-state index < -0.39 is 23.1 Å². The number of carbonyl (C=O) groups excluding carboxylic acids is 3. The van der Waals surface area contributed by atoms with Gasteiger partial charge >= 0.3 is 0 Å². The number of hydrogen-bond acceptors (Lipinski definition) is 5. The van der Waals surface area contributed by atoms with Crippen molar-refractivity contribution in [1.29, 1.82) is 0 Å². The number of nitrogens with one attached hydrogen (secondary N) is 1. The minimum absolute atomic E-state index is 0.000327. The van der Waals surface area contributed by atoms with Gasteiger partial charge in [-0.05, 0) is 37.0 Å². The summed E-state index contributed by atoms with van der Waals surface area (Å²) >= 11 is 0. The predicted molar refractivity (Wildman–Crippen MR) is 107 cm³/mol. The van der Waals surface area contributed by atoms with E-state index in [1.165, 1.54) is 0 Å². The van der Waals surface area contributed by atoms with Crippen LogP contribution in [0.15, 0.2) is 11.3 Å². The first kappa shape index (κ1) is 23.5. The Bertz CT molecular complexity index is 603. The number of aliphatic hydroxyl groups is 1. The molecule has 0 spiro atoms. The van der Waals surface area contributed by atoms with Crippen molar-refractivity contribution in [2.24, 2.45) is 23.7 Å². The van der Waals surface area contributed by atoms with Crippen LogP contribution in [0.2, 0.25) is 0 Å². The number of hydrogen-bond donors (Lipinski definition) is 2. The summed E-state index contributed by atoms with van der Waals surface area (Å²) < 4.78 is 0. The molecule has 27 heavy (non-hydrogen) atoms. The first-order valence-corrected chi connectivity index (χ1v) is 10.2. The fourth-order valence-corrected chi connectivity index (χ4v) is 3.62. The van der Waals surface area contributed by atoms with Crippen molar-refractivity contribution in [2.75, 3.05) is 7.05 Å². The standard InChI is InChI=1S/C22H37NO4/c1-13(2)8-10-16-20(25)19(17(23-7)12-15(5)6)21(26)22(16,27)18(24)11-9-14(3)4/h13-16,23,27H,8-12H2,1-7H3/t16-,22+/m0/s1. The predicted octanol–water partition coefficient (Wildman–Crippen LogP) is 3.45. The van der Waals surface area contributed by atoms with Gasteiger partial charge in [0, 0.05) is 19.2 Å². The maximum atomic E-state index is 13.2. The van der Waals surface area contributed by atoms with Crippen LogP contribution >= 0.6 is 0 Å².